The lowest BCUT2D eigenvalue weighted by atomic mass is 10.2. The standard InChI is InChI=1S/C16H10BrFN2OS/c17-11-6-2-4-8-13(11)20-15(21)14-9-19-16(22-14)10-5-1-3-7-12(10)18/h1-9H,(H,20,21). The van der Waals surface area contributed by atoms with Gasteiger partial charge in [0, 0.05) is 10.0 Å². The van der Waals surface area contributed by atoms with E-state index in [0.717, 1.165) is 15.8 Å². The van der Waals surface area contributed by atoms with Crippen molar-refractivity contribution >= 4 is 38.9 Å². The van der Waals surface area contributed by atoms with Crippen molar-refractivity contribution in [1.29, 1.82) is 0 Å². The first-order valence-electron chi connectivity index (χ1n) is 6.42. The van der Waals surface area contributed by atoms with Crippen LogP contribution in [0.25, 0.3) is 10.6 Å². The van der Waals surface area contributed by atoms with Gasteiger partial charge >= 0.3 is 0 Å². The van der Waals surface area contributed by atoms with Gasteiger partial charge in [-0.2, -0.15) is 0 Å². The summed E-state index contributed by atoms with van der Waals surface area (Å²) in [5.74, 6) is -0.624. The third-order valence-electron chi connectivity index (χ3n) is 2.96. The molecule has 1 N–H and O–H groups in total. The summed E-state index contributed by atoms with van der Waals surface area (Å²) in [5, 5.41) is 3.28. The maximum Gasteiger partial charge on any atom is 0.267 e. The van der Waals surface area contributed by atoms with E-state index in [1.165, 1.54) is 12.3 Å². The molecular weight excluding hydrogens is 367 g/mol. The van der Waals surface area contributed by atoms with Gasteiger partial charge in [0.05, 0.1) is 11.9 Å². The van der Waals surface area contributed by atoms with E-state index in [0.29, 0.717) is 21.1 Å². The monoisotopic (exact) mass is 376 g/mol. The van der Waals surface area contributed by atoms with E-state index in [-0.39, 0.29) is 11.7 Å². The van der Waals surface area contributed by atoms with Gasteiger partial charge in [-0.3, -0.25) is 4.79 Å². The fourth-order valence-electron chi connectivity index (χ4n) is 1.88. The Balaban J connectivity index is 1.84. The van der Waals surface area contributed by atoms with Crippen LogP contribution >= 0.6 is 27.3 Å². The molecule has 110 valence electrons. The van der Waals surface area contributed by atoms with Crippen molar-refractivity contribution in [2.75, 3.05) is 5.32 Å². The SMILES string of the molecule is O=C(Nc1ccccc1Br)c1cnc(-c2ccccc2F)s1. The maximum atomic E-state index is 13.7. The molecule has 1 amide bonds. The molecule has 0 unspecified atom stereocenters. The number of carbonyl (C=O) groups is 1. The first-order chi connectivity index (χ1) is 10.6. The van der Waals surface area contributed by atoms with Crippen LogP contribution in [0.15, 0.2) is 59.2 Å². The molecule has 1 aromatic heterocycles. The molecule has 0 spiro atoms. The molecule has 0 aliphatic carbocycles. The average Bonchev–Trinajstić information content (AvgIpc) is 3.00. The summed E-state index contributed by atoms with van der Waals surface area (Å²) in [6, 6.07) is 13.7. The number of aromatic nitrogens is 1. The van der Waals surface area contributed by atoms with Crippen molar-refractivity contribution in [3.63, 3.8) is 0 Å². The number of amides is 1. The predicted octanol–water partition coefficient (Wildman–Crippen LogP) is 4.96. The number of carbonyl (C=O) groups excluding carboxylic acids is 1. The largest absolute Gasteiger partial charge is 0.320 e. The Bertz CT molecular complexity index is 834. The second kappa shape index (κ2) is 6.37. The number of thiazole rings is 1. The molecule has 2 aromatic carbocycles. The van der Waals surface area contributed by atoms with E-state index in [2.05, 4.69) is 26.2 Å². The van der Waals surface area contributed by atoms with Crippen molar-refractivity contribution in [2.24, 2.45) is 0 Å². The number of benzene rings is 2. The fraction of sp³-hybridized carbons (Fsp3) is 0. The predicted molar refractivity (Wildman–Crippen MR) is 89.6 cm³/mol. The van der Waals surface area contributed by atoms with Crippen LogP contribution in [-0.4, -0.2) is 10.9 Å². The van der Waals surface area contributed by atoms with Gasteiger partial charge in [-0.15, -0.1) is 11.3 Å². The average molecular weight is 377 g/mol. The van der Waals surface area contributed by atoms with E-state index < -0.39 is 0 Å². The first-order valence-corrected chi connectivity index (χ1v) is 8.03. The summed E-state index contributed by atoms with van der Waals surface area (Å²) in [6.07, 6.45) is 1.46. The number of para-hydroxylation sites is 1. The minimum absolute atomic E-state index is 0.271. The molecule has 3 aromatic rings. The Kier molecular flexibility index (Phi) is 4.31. The zero-order valence-corrected chi connectivity index (χ0v) is 13.6. The molecular formula is C16H10BrFN2OS. The van der Waals surface area contributed by atoms with E-state index in [1.54, 1.807) is 24.3 Å². The molecule has 1 heterocycles. The highest BCUT2D eigenvalue weighted by molar-refractivity contribution is 9.10. The lowest BCUT2D eigenvalue weighted by Crippen LogP contribution is -2.10. The number of hydrogen-bond donors (Lipinski definition) is 1. The molecule has 3 nitrogen and oxygen atoms in total. The van der Waals surface area contributed by atoms with Crippen molar-refractivity contribution in [1.82, 2.24) is 4.98 Å². The van der Waals surface area contributed by atoms with Gasteiger partial charge in [-0.05, 0) is 40.2 Å². The Morgan fingerprint density at radius 3 is 2.64 bits per heavy atom. The van der Waals surface area contributed by atoms with Crippen LogP contribution in [0, 0.1) is 5.82 Å². The van der Waals surface area contributed by atoms with Gasteiger partial charge in [0.1, 0.15) is 15.7 Å². The molecule has 0 aliphatic heterocycles. The highest BCUT2D eigenvalue weighted by Crippen LogP contribution is 2.28. The molecule has 0 radical (unpaired) electrons. The minimum Gasteiger partial charge on any atom is -0.320 e. The highest BCUT2D eigenvalue weighted by atomic mass is 79.9. The Morgan fingerprint density at radius 1 is 1.14 bits per heavy atom. The van der Waals surface area contributed by atoms with E-state index in [1.807, 2.05) is 18.2 Å². The molecule has 0 saturated heterocycles. The number of nitrogens with zero attached hydrogens (tertiary/aromatic N) is 1. The van der Waals surface area contributed by atoms with Crippen molar-refractivity contribution in [2.45, 2.75) is 0 Å². The zero-order valence-electron chi connectivity index (χ0n) is 11.2. The van der Waals surface area contributed by atoms with Crippen LogP contribution in [0.5, 0.6) is 0 Å². The molecule has 0 bridgehead atoms. The molecule has 0 saturated carbocycles. The molecule has 6 heteroatoms. The first kappa shape index (κ1) is 14.9. The Labute approximate surface area is 139 Å². The van der Waals surface area contributed by atoms with Crippen molar-refractivity contribution in [3.05, 3.63) is 69.9 Å². The molecule has 0 fully saturated rings. The smallest absolute Gasteiger partial charge is 0.267 e. The van der Waals surface area contributed by atoms with Gasteiger partial charge in [-0.25, -0.2) is 9.37 Å². The minimum atomic E-state index is -0.352. The number of nitrogens with one attached hydrogen (secondary N) is 1. The Hall–Kier alpha value is -2.05. The number of anilines is 1. The maximum absolute atomic E-state index is 13.7. The summed E-state index contributed by atoms with van der Waals surface area (Å²) in [7, 11) is 0. The zero-order chi connectivity index (χ0) is 15.5. The second-order valence-electron chi connectivity index (χ2n) is 4.44. The summed E-state index contributed by atoms with van der Waals surface area (Å²) in [4.78, 5) is 16.8. The number of rotatable bonds is 3. The molecule has 3 rings (SSSR count). The normalized spacial score (nSPS) is 10.5. The lowest BCUT2D eigenvalue weighted by Gasteiger charge is -2.04. The summed E-state index contributed by atoms with van der Waals surface area (Å²) in [5.41, 5.74) is 1.07. The third-order valence-corrected chi connectivity index (χ3v) is 4.68. The van der Waals surface area contributed by atoms with E-state index in [4.69, 9.17) is 0 Å². The van der Waals surface area contributed by atoms with Crippen molar-refractivity contribution in [3.8, 4) is 10.6 Å². The van der Waals surface area contributed by atoms with Crippen molar-refractivity contribution < 1.29 is 9.18 Å². The Morgan fingerprint density at radius 2 is 1.86 bits per heavy atom. The molecule has 0 aliphatic rings. The van der Waals surface area contributed by atoms with Crippen LogP contribution in [0.1, 0.15) is 9.67 Å². The quantitative estimate of drug-likeness (QED) is 0.701. The lowest BCUT2D eigenvalue weighted by molar-refractivity contribution is 0.103. The van der Waals surface area contributed by atoms with E-state index >= 15 is 0 Å². The van der Waals surface area contributed by atoms with Crippen LogP contribution in [0.2, 0.25) is 0 Å². The van der Waals surface area contributed by atoms with Gasteiger partial charge in [0.2, 0.25) is 0 Å². The van der Waals surface area contributed by atoms with Crippen LogP contribution in [-0.2, 0) is 0 Å². The van der Waals surface area contributed by atoms with E-state index in [9.17, 15) is 9.18 Å². The highest BCUT2D eigenvalue weighted by Gasteiger charge is 2.14. The third kappa shape index (κ3) is 3.08. The van der Waals surface area contributed by atoms with Crippen LogP contribution in [0.4, 0.5) is 10.1 Å². The summed E-state index contributed by atoms with van der Waals surface area (Å²) >= 11 is 4.53. The van der Waals surface area contributed by atoms with Gasteiger partial charge < -0.3 is 5.32 Å². The topological polar surface area (TPSA) is 42.0 Å². The summed E-state index contributed by atoms with van der Waals surface area (Å²) < 4.78 is 14.5. The second-order valence-corrected chi connectivity index (χ2v) is 6.33. The van der Waals surface area contributed by atoms with Gasteiger partial charge in [0.15, 0.2) is 0 Å². The van der Waals surface area contributed by atoms with Gasteiger partial charge in [0.25, 0.3) is 5.91 Å². The number of hydrogen-bond acceptors (Lipinski definition) is 3. The molecule has 22 heavy (non-hydrogen) atoms. The van der Waals surface area contributed by atoms with Crippen LogP contribution < -0.4 is 5.32 Å². The molecule has 0 atom stereocenters. The summed E-state index contributed by atoms with van der Waals surface area (Å²) in [6.45, 7) is 0. The van der Waals surface area contributed by atoms with Crippen LogP contribution in [0.3, 0.4) is 0 Å². The fourth-order valence-corrected chi connectivity index (χ4v) is 3.11. The number of halogens is 2. The van der Waals surface area contributed by atoms with Gasteiger partial charge in [-0.1, -0.05) is 24.3 Å².